The molecule has 0 aliphatic carbocycles. The lowest BCUT2D eigenvalue weighted by Gasteiger charge is -2.11. The maximum atomic E-state index is 11.0. The van der Waals surface area contributed by atoms with Crippen LogP contribution in [0.4, 0.5) is 11.4 Å². The quantitative estimate of drug-likeness (QED) is 0.375. The molecule has 1 unspecified atom stereocenters. The highest BCUT2D eigenvalue weighted by atomic mass is 127. The molecule has 0 spiro atoms. The van der Waals surface area contributed by atoms with E-state index in [0.29, 0.717) is 15.6 Å². The predicted molar refractivity (Wildman–Crippen MR) is 70.9 cm³/mol. The lowest BCUT2D eigenvalue weighted by Crippen LogP contribution is -2.12. The summed E-state index contributed by atoms with van der Waals surface area (Å²) >= 11 is 1.86. The van der Waals surface area contributed by atoms with Crippen molar-refractivity contribution in [2.24, 2.45) is 0 Å². The highest BCUT2D eigenvalue weighted by molar-refractivity contribution is 14.1. The Balaban J connectivity index is 3.36. The molecule has 0 bridgehead atoms. The van der Waals surface area contributed by atoms with E-state index in [1.54, 1.807) is 13.0 Å². The van der Waals surface area contributed by atoms with Gasteiger partial charge in [-0.2, -0.15) is 0 Å². The molecule has 1 atom stereocenters. The van der Waals surface area contributed by atoms with Crippen LogP contribution < -0.4 is 5.73 Å². The van der Waals surface area contributed by atoms with Crippen molar-refractivity contribution in [3.8, 4) is 0 Å². The number of nitrogens with zero attached hydrogens (tertiary/aromatic N) is 1. The van der Waals surface area contributed by atoms with Crippen molar-refractivity contribution in [2.45, 2.75) is 19.3 Å². The third-order valence-corrected chi connectivity index (χ3v) is 3.33. The molecule has 0 aromatic heterocycles. The molecule has 1 rings (SSSR count). The maximum absolute atomic E-state index is 11.0. The molecule has 0 heterocycles. The molecule has 0 fully saturated rings. The Bertz CT molecular complexity index is 476. The molecule has 6 nitrogen and oxygen atoms in total. The van der Waals surface area contributed by atoms with Gasteiger partial charge < -0.3 is 10.8 Å². The predicted octanol–water partition coefficient (Wildman–Crippen LogP) is 2.36. The van der Waals surface area contributed by atoms with E-state index >= 15 is 0 Å². The van der Waals surface area contributed by atoms with Crippen molar-refractivity contribution in [3.05, 3.63) is 31.4 Å². The van der Waals surface area contributed by atoms with Crippen LogP contribution in [0.1, 0.15) is 24.8 Å². The number of nitrogens with two attached hydrogens (primary N) is 1. The molecule has 0 saturated carbocycles. The topological polar surface area (TPSA) is 106 Å². The zero-order valence-electron chi connectivity index (χ0n) is 9.01. The minimum Gasteiger partial charge on any atom is -0.481 e. The molecule has 92 valence electrons. The van der Waals surface area contributed by atoms with Gasteiger partial charge in [-0.25, -0.2) is 0 Å². The molecule has 0 radical (unpaired) electrons. The molecule has 0 aliphatic heterocycles. The lowest BCUT2D eigenvalue weighted by atomic mass is 9.96. The Morgan fingerprint density at radius 1 is 1.65 bits per heavy atom. The van der Waals surface area contributed by atoms with Crippen LogP contribution in [0.2, 0.25) is 0 Å². The Morgan fingerprint density at radius 2 is 2.24 bits per heavy atom. The average molecular weight is 350 g/mol. The highest BCUT2D eigenvalue weighted by Gasteiger charge is 2.23. The number of anilines is 1. The number of rotatable bonds is 4. The second kappa shape index (κ2) is 5.30. The molecule has 3 N–H and O–H groups in total. The molecule has 0 amide bonds. The first-order valence-corrected chi connectivity index (χ1v) is 5.92. The minimum absolute atomic E-state index is 0.0691. The molecule has 0 saturated heterocycles. The summed E-state index contributed by atoms with van der Waals surface area (Å²) in [5.74, 6) is -1.75. The van der Waals surface area contributed by atoms with Gasteiger partial charge in [-0.1, -0.05) is 6.92 Å². The van der Waals surface area contributed by atoms with E-state index in [2.05, 4.69) is 0 Å². The van der Waals surface area contributed by atoms with Crippen LogP contribution in [0.5, 0.6) is 0 Å². The zero-order chi connectivity index (χ0) is 13.2. The first-order chi connectivity index (χ1) is 7.88. The molecule has 0 aliphatic rings. The first kappa shape index (κ1) is 13.7. The number of carbonyl (C=O) groups is 1. The number of benzene rings is 1. The van der Waals surface area contributed by atoms with Crippen molar-refractivity contribution in [3.63, 3.8) is 0 Å². The van der Waals surface area contributed by atoms with E-state index in [1.807, 2.05) is 22.6 Å². The third kappa shape index (κ3) is 2.84. The summed E-state index contributed by atoms with van der Waals surface area (Å²) in [5.41, 5.74) is 5.81. The second-order valence-electron chi connectivity index (χ2n) is 3.49. The number of carboxylic acids is 1. The monoisotopic (exact) mass is 350 g/mol. The van der Waals surface area contributed by atoms with E-state index in [0.717, 1.165) is 0 Å². The Hall–Kier alpha value is -1.38. The third-order valence-electron chi connectivity index (χ3n) is 2.44. The van der Waals surface area contributed by atoms with Gasteiger partial charge in [0, 0.05) is 9.64 Å². The first-order valence-electron chi connectivity index (χ1n) is 4.84. The smallest absolute Gasteiger partial charge is 0.310 e. The van der Waals surface area contributed by atoms with E-state index in [9.17, 15) is 14.9 Å². The second-order valence-corrected chi connectivity index (χ2v) is 4.65. The van der Waals surface area contributed by atoms with Crippen LogP contribution in [0.15, 0.2) is 12.1 Å². The SMILES string of the molecule is CCC(C(=O)O)c1cc(I)c(N)c([N+](=O)[O-])c1. The van der Waals surface area contributed by atoms with Crippen LogP contribution in [0, 0.1) is 13.7 Å². The Kier molecular flexibility index (Phi) is 4.27. The van der Waals surface area contributed by atoms with Gasteiger partial charge in [-0.05, 0) is 40.6 Å². The van der Waals surface area contributed by atoms with Crippen LogP contribution in [0.25, 0.3) is 0 Å². The summed E-state index contributed by atoms with van der Waals surface area (Å²) in [6.45, 7) is 1.72. The van der Waals surface area contributed by atoms with Gasteiger partial charge in [0.2, 0.25) is 0 Å². The average Bonchev–Trinajstić information content (AvgIpc) is 2.22. The largest absolute Gasteiger partial charge is 0.481 e. The number of hydrogen-bond donors (Lipinski definition) is 2. The highest BCUT2D eigenvalue weighted by Crippen LogP contribution is 2.32. The Morgan fingerprint density at radius 3 is 2.65 bits per heavy atom. The molecule has 7 heteroatoms. The molecule has 17 heavy (non-hydrogen) atoms. The van der Waals surface area contributed by atoms with Crippen molar-refractivity contribution < 1.29 is 14.8 Å². The number of nitro groups is 1. The van der Waals surface area contributed by atoms with E-state index in [-0.39, 0.29) is 11.4 Å². The molecular weight excluding hydrogens is 339 g/mol. The lowest BCUT2D eigenvalue weighted by molar-refractivity contribution is -0.384. The van der Waals surface area contributed by atoms with E-state index in [1.165, 1.54) is 6.07 Å². The van der Waals surface area contributed by atoms with Crippen molar-refractivity contribution in [2.75, 3.05) is 5.73 Å². The summed E-state index contributed by atoms with van der Waals surface area (Å²) in [4.78, 5) is 21.2. The standard InChI is InChI=1S/C10H11IN2O4/c1-2-6(10(14)15)5-3-7(11)9(12)8(4-5)13(16)17/h3-4,6H,2,12H2,1H3,(H,14,15). The molecular formula is C10H11IN2O4. The maximum Gasteiger partial charge on any atom is 0.310 e. The number of aliphatic carboxylic acids is 1. The summed E-state index contributed by atoms with van der Waals surface area (Å²) in [6.07, 6.45) is 0.368. The molecule has 1 aromatic carbocycles. The van der Waals surface area contributed by atoms with E-state index < -0.39 is 16.8 Å². The van der Waals surface area contributed by atoms with Crippen molar-refractivity contribution in [1.29, 1.82) is 0 Å². The normalized spacial score (nSPS) is 12.1. The van der Waals surface area contributed by atoms with Gasteiger partial charge >= 0.3 is 5.97 Å². The number of carboxylic acid groups (broad SMARTS) is 1. The van der Waals surface area contributed by atoms with Gasteiger partial charge in [0.1, 0.15) is 5.69 Å². The fourth-order valence-electron chi connectivity index (χ4n) is 1.53. The number of hydrogen-bond acceptors (Lipinski definition) is 4. The van der Waals surface area contributed by atoms with Gasteiger partial charge in [0.15, 0.2) is 0 Å². The fourth-order valence-corrected chi connectivity index (χ4v) is 2.16. The van der Waals surface area contributed by atoms with Gasteiger partial charge in [0.05, 0.1) is 10.8 Å². The van der Waals surface area contributed by atoms with Crippen LogP contribution in [0.3, 0.4) is 0 Å². The van der Waals surface area contributed by atoms with Crippen LogP contribution in [-0.2, 0) is 4.79 Å². The summed E-state index contributed by atoms with van der Waals surface area (Å²) < 4.78 is 0.492. The number of nitrogen functional groups attached to an aromatic ring is 1. The Labute approximate surface area is 111 Å². The van der Waals surface area contributed by atoms with E-state index in [4.69, 9.17) is 10.8 Å². The van der Waals surface area contributed by atoms with Crippen molar-refractivity contribution >= 4 is 39.9 Å². The summed E-state index contributed by atoms with van der Waals surface area (Å²) in [6, 6.07) is 2.81. The summed E-state index contributed by atoms with van der Waals surface area (Å²) in [7, 11) is 0. The zero-order valence-corrected chi connectivity index (χ0v) is 11.2. The number of halogens is 1. The van der Waals surface area contributed by atoms with Crippen LogP contribution in [-0.4, -0.2) is 16.0 Å². The minimum atomic E-state index is -0.998. The number of nitro benzene ring substituents is 1. The van der Waals surface area contributed by atoms with Gasteiger partial charge in [0.25, 0.3) is 5.69 Å². The van der Waals surface area contributed by atoms with Crippen LogP contribution >= 0.6 is 22.6 Å². The van der Waals surface area contributed by atoms with Gasteiger partial charge in [-0.3, -0.25) is 14.9 Å². The fraction of sp³-hybridized carbons (Fsp3) is 0.300. The van der Waals surface area contributed by atoms with Crippen molar-refractivity contribution in [1.82, 2.24) is 0 Å². The molecule has 1 aromatic rings. The summed E-state index contributed by atoms with van der Waals surface area (Å²) in [5, 5.41) is 19.8. The van der Waals surface area contributed by atoms with Gasteiger partial charge in [-0.15, -0.1) is 0 Å².